The van der Waals surface area contributed by atoms with Gasteiger partial charge in [-0.05, 0) is 56.5 Å². The molecule has 0 fully saturated rings. The van der Waals surface area contributed by atoms with Gasteiger partial charge < -0.3 is 15.0 Å². The number of carbonyl (C=O) groups is 2. The molecule has 0 radical (unpaired) electrons. The summed E-state index contributed by atoms with van der Waals surface area (Å²) >= 11 is 6.08. The van der Waals surface area contributed by atoms with Crippen LogP contribution in [0.4, 0.5) is 0 Å². The van der Waals surface area contributed by atoms with Crippen LogP contribution in [0.3, 0.4) is 0 Å². The summed E-state index contributed by atoms with van der Waals surface area (Å²) in [6.45, 7) is 8.36. The summed E-state index contributed by atoms with van der Waals surface area (Å²) in [5.41, 5.74) is 2.95. The number of nitrogens with one attached hydrogen (secondary N) is 1. The smallest absolute Gasteiger partial charge is 0.261 e. The van der Waals surface area contributed by atoms with Crippen LogP contribution in [0, 0.1) is 13.8 Å². The van der Waals surface area contributed by atoms with Crippen LogP contribution in [0.1, 0.15) is 37.0 Å². The minimum absolute atomic E-state index is 0.143. The van der Waals surface area contributed by atoms with Crippen molar-refractivity contribution in [2.45, 2.75) is 46.7 Å². The van der Waals surface area contributed by atoms with Crippen molar-refractivity contribution in [1.82, 2.24) is 10.2 Å². The van der Waals surface area contributed by atoms with Crippen molar-refractivity contribution in [2.75, 3.05) is 13.2 Å². The number of rotatable bonds is 9. The Kier molecular flexibility index (Phi) is 8.52. The summed E-state index contributed by atoms with van der Waals surface area (Å²) in [6.07, 6.45) is 0.830. The van der Waals surface area contributed by atoms with Crippen LogP contribution in [-0.2, 0) is 16.1 Å². The molecule has 6 heteroatoms. The van der Waals surface area contributed by atoms with E-state index in [-0.39, 0.29) is 25.0 Å². The highest BCUT2D eigenvalue weighted by Gasteiger charge is 2.26. The lowest BCUT2D eigenvalue weighted by Gasteiger charge is -2.29. The molecule has 0 aromatic heterocycles. The van der Waals surface area contributed by atoms with E-state index >= 15 is 0 Å². The molecule has 2 rings (SSSR count). The molecule has 1 atom stereocenters. The summed E-state index contributed by atoms with van der Waals surface area (Å²) in [7, 11) is 0. The number of amides is 2. The summed E-state index contributed by atoms with van der Waals surface area (Å²) in [4.78, 5) is 27.0. The Morgan fingerprint density at radius 1 is 1.17 bits per heavy atom. The van der Waals surface area contributed by atoms with Gasteiger partial charge in [-0.15, -0.1) is 0 Å². The predicted octanol–water partition coefficient (Wildman–Crippen LogP) is 4.28. The Labute approximate surface area is 178 Å². The molecule has 2 amide bonds. The Hall–Kier alpha value is -2.53. The molecule has 0 aliphatic heterocycles. The van der Waals surface area contributed by atoms with Crippen LogP contribution < -0.4 is 10.1 Å². The molecule has 29 heavy (non-hydrogen) atoms. The topological polar surface area (TPSA) is 58.6 Å². The first-order valence-electron chi connectivity index (χ1n) is 9.83. The highest BCUT2D eigenvalue weighted by molar-refractivity contribution is 6.30. The van der Waals surface area contributed by atoms with Gasteiger partial charge in [0.25, 0.3) is 5.91 Å². The van der Waals surface area contributed by atoms with E-state index in [2.05, 4.69) is 5.32 Å². The normalized spacial score (nSPS) is 11.6. The third-order valence-corrected chi connectivity index (χ3v) is 4.88. The molecule has 0 spiro atoms. The third kappa shape index (κ3) is 6.79. The quantitative estimate of drug-likeness (QED) is 0.663. The zero-order valence-electron chi connectivity index (χ0n) is 17.5. The summed E-state index contributed by atoms with van der Waals surface area (Å²) in [5.74, 6) is 0.215. The van der Waals surface area contributed by atoms with Gasteiger partial charge in [0.05, 0.1) is 0 Å². The van der Waals surface area contributed by atoms with Crippen LogP contribution >= 0.6 is 11.6 Å². The van der Waals surface area contributed by atoms with Crippen molar-refractivity contribution < 1.29 is 14.3 Å². The number of carbonyl (C=O) groups excluding carboxylic acids is 2. The van der Waals surface area contributed by atoms with Crippen molar-refractivity contribution in [3.8, 4) is 5.75 Å². The number of aryl methyl sites for hydroxylation is 2. The van der Waals surface area contributed by atoms with E-state index in [9.17, 15) is 9.59 Å². The second kappa shape index (κ2) is 10.9. The first-order chi connectivity index (χ1) is 13.8. The van der Waals surface area contributed by atoms with E-state index in [1.807, 2.05) is 51.1 Å². The van der Waals surface area contributed by atoms with Crippen LogP contribution in [-0.4, -0.2) is 35.9 Å². The van der Waals surface area contributed by atoms with Crippen LogP contribution in [0.2, 0.25) is 5.02 Å². The monoisotopic (exact) mass is 416 g/mol. The molecule has 5 nitrogen and oxygen atoms in total. The maximum Gasteiger partial charge on any atom is 0.261 e. The minimum Gasteiger partial charge on any atom is -0.483 e. The molecule has 1 N–H and O–H groups in total. The second-order valence-electron chi connectivity index (χ2n) is 7.18. The molecule has 0 aliphatic rings. The molecule has 0 aliphatic carbocycles. The number of hydrogen-bond acceptors (Lipinski definition) is 3. The number of benzene rings is 2. The Balaban J connectivity index is 2.15. The summed E-state index contributed by atoms with van der Waals surface area (Å²) < 4.78 is 5.76. The van der Waals surface area contributed by atoms with Crippen molar-refractivity contribution >= 4 is 23.4 Å². The van der Waals surface area contributed by atoms with Gasteiger partial charge in [-0.1, -0.05) is 48.4 Å². The van der Waals surface area contributed by atoms with Crippen molar-refractivity contribution in [2.24, 2.45) is 0 Å². The molecule has 156 valence electrons. The molecule has 0 heterocycles. The lowest BCUT2D eigenvalue weighted by atomic mass is 10.1. The molecular weight excluding hydrogens is 388 g/mol. The van der Waals surface area contributed by atoms with Crippen LogP contribution in [0.15, 0.2) is 42.5 Å². The average Bonchev–Trinajstić information content (AvgIpc) is 2.69. The van der Waals surface area contributed by atoms with Crippen LogP contribution in [0.25, 0.3) is 0 Å². The Bertz CT molecular complexity index is 854. The van der Waals surface area contributed by atoms with E-state index in [4.69, 9.17) is 16.3 Å². The highest BCUT2D eigenvalue weighted by atomic mass is 35.5. The Morgan fingerprint density at radius 3 is 2.59 bits per heavy atom. The number of halogens is 1. The lowest BCUT2D eigenvalue weighted by Crippen LogP contribution is -2.49. The molecular formula is C23H29ClN2O3. The molecule has 0 saturated carbocycles. The fourth-order valence-electron chi connectivity index (χ4n) is 2.99. The first kappa shape index (κ1) is 22.8. The third-order valence-electron chi connectivity index (χ3n) is 4.64. The SMILES string of the molecule is CCCNC(=O)C(C)N(Cc1cccc(Cl)c1)C(=O)COc1ccc(C)cc1C. The van der Waals surface area contributed by atoms with E-state index in [1.165, 1.54) is 4.90 Å². The zero-order valence-corrected chi connectivity index (χ0v) is 18.3. The standard InChI is InChI=1S/C23H29ClN2O3/c1-5-11-25-23(28)18(4)26(14-19-7-6-8-20(24)13-19)22(27)15-29-21-10-9-16(2)12-17(21)3/h6-10,12-13,18H,5,11,14-15H2,1-4H3,(H,25,28). The zero-order chi connectivity index (χ0) is 21.4. The highest BCUT2D eigenvalue weighted by Crippen LogP contribution is 2.19. The summed E-state index contributed by atoms with van der Waals surface area (Å²) in [5, 5.41) is 3.44. The van der Waals surface area contributed by atoms with Gasteiger partial charge in [0.1, 0.15) is 11.8 Å². The van der Waals surface area contributed by atoms with Crippen LogP contribution in [0.5, 0.6) is 5.75 Å². The fourth-order valence-corrected chi connectivity index (χ4v) is 3.21. The van der Waals surface area contributed by atoms with E-state index < -0.39 is 6.04 Å². The van der Waals surface area contributed by atoms with Crippen molar-refractivity contribution in [3.05, 3.63) is 64.2 Å². The number of nitrogens with zero attached hydrogens (tertiary/aromatic N) is 1. The molecule has 0 saturated heterocycles. The van der Waals surface area contributed by atoms with E-state index in [0.29, 0.717) is 17.3 Å². The summed E-state index contributed by atoms with van der Waals surface area (Å²) in [6, 6.07) is 12.5. The first-order valence-corrected chi connectivity index (χ1v) is 10.2. The van der Waals surface area contributed by atoms with Gasteiger partial charge in [0, 0.05) is 18.1 Å². The molecule has 2 aromatic carbocycles. The largest absolute Gasteiger partial charge is 0.483 e. The van der Waals surface area contributed by atoms with Gasteiger partial charge in [-0.2, -0.15) is 0 Å². The van der Waals surface area contributed by atoms with Gasteiger partial charge in [0.2, 0.25) is 5.91 Å². The van der Waals surface area contributed by atoms with Crippen molar-refractivity contribution in [3.63, 3.8) is 0 Å². The van der Waals surface area contributed by atoms with Gasteiger partial charge in [-0.25, -0.2) is 0 Å². The Morgan fingerprint density at radius 2 is 1.93 bits per heavy atom. The number of hydrogen-bond donors (Lipinski definition) is 1. The number of ether oxygens (including phenoxy) is 1. The van der Waals surface area contributed by atoms with Gasteiger partial charge in [-0.3, -0.25) is 9.59 Å². The predicted molar refractivity (Wildman–Crippen MR) is 116 cm³/mol. The minimum atomic E-state index is -0.629. The molecule has 0 bridgehead atoms. The lowest BCUT2D eigenvalue weighted by molar-refractivity contribution is -0.142. The van der Waals surface area contributed by atoms with Crippen molar-refractivity contribution in [1.29, 1.82) is 0 Å². The maximum atomic E-state index is 13.0. The average molecular weight is 417 g/mol. The molecule has 1 unspecified atom stereocenters. The van der Waals surface area contributed by atoms with E-state index in [1.54, 1.807) is 19.1 Å². The fraction of sp³-hybridized carbons (Fsp3) is 0.391. The maximum absolute atomic E-state index is 13.0. The van der Waals surface area contributed by atoms with E-state index in [0.717, 1.165) is 23.1 Å². The second-order valence-corrected chi connectivity index (χ2v) is 7.61. The van der Waals surface area contributed by atoms with Gasteiger partial charge in [0.15, 0.2) is 6.61 Å². The molecule has 2 aromatic rings. The van der Waals surface area contributed by atoms with Gasteiger partial charge >= 0.3 is 0 Å².